The molecule has 0 bridgehead atoms. The lowest BCUT2D eigenvalue weighted by atomic mass is 9.95. The first kappa shape index (κ1) is 23.5. The second kappa shape index (κ2) is 13.6. The molecule has 0 aliphatic rings. The van der Waals surface area contributed by atoms with E-state index in [9.17, 15) is 4.79 Å². The van der Waals surface area contributed by atoms with Crippen LogP contribution in [-0.4, -0.2) is 19.0 Å². The fraction of sp³-hybridized carbons (Fsp3) is 0.708. The second-order valence-corrected chi connectivity index (χ2v) is 7.97. The van der Waals surface area contributed by atoms with Gasteiger partial charge in [-0.15, -0.1) is 0 Å². The van der Waals surface area contributed by atoms with Crippen molar-refractivity contribution >= 4 is 17.3 Å². The highest BCUT2D eigenvalue weighted by atomic mass is 16.1. The summed E-state index contributed by atoms with van der Waals surface area (Å²) >= 11 is 0. The Kier molecular flexibility index (Phi) is 11.9. The van der Waals surface area contributed by atoms with Crippen molar-refractivity contribution in [2.24, 2.45) is 11.8 Å². The first-order valence-electron chi connectivity index (χ1n) is 11.2. The van der Waals surface area contributed by atoms with E-state index in [1.165, 1.54) is 57.1 Å². The molecule has 1 aromatic carbocycles. The second-order valence-electron chi connectivity index (χ2n) is 7.97. The third-order valence-corrected chi connectivity index (χ3v) is 5.60. The average Bonchev–Trinajstić information content (AvgIpc) is 2.67. The van der Waals surface area contributed by atoms with Crippen LogP contribution >= 0.6 is 0 Å². The fourth-order valence-corrected chi connectivity index (χ4v) is 3.70. The van der Waals surface area contributed by atoms with Crippen LogP contribution < -0.4 is 10.2 Å². The van der Waals surface area contributed by atoms with Gasteiger partial charge in [0.1, 0.15) is 0 Å². The molecule has 0 spiro atoms. The Morgan fingerprint density at radius 3 is 1.74 bits per heavy atom. The van der Waals surface area contributed by atoms with Crippen LogP contribution in [0.1, 0.15) is 86.0 Å². The maximum atomic E-state index is 11.3. The quantitative estimate of drug-likeness (QED) is 0.385. The van der Waals surface area contributed by atoms with Crippen LogP contribution in [0.5, 0.6) is 0 Å². The highest BCUT2D eigenvalue weighted by molar-refractivity contribution is 5.88. The zero-order chi connectivity index (χ0) is 20.1. The Morgan fingerprint density at radius 2 is 1.37 bits per heavy atom. The number of unbranched alkanes of at least 4 members (excludes halogenated alkanes) is 2. The topological polar surface area (TPSA) is 32.3 Å². The molecule has 2 unspecified atom stereocenters. The van der Waals surface area contributed by atoms with Crippen LogP contribution in [-0.2, 0) is 4.79 Å². The highest BCUT2D eigenvalue weighted by Crippen LogP contribution is 2.25. The van der Waals surface area contributed by atoms with Crippen molar-refractivity contribution in [1.29, 1.82) is 0 Å². The zero-order valence-corrected chi connectivity index (χ0v) is 18.4. The predicted molar refractivity (Wildman–Crippen MR) is 120 cm³/mol. The number of hydrogen-bond donors (Lipinski definition) is 1. The van der Waals surface area contributed by atoms with Crippen LogP contribution in [0.15, 0.2) is 24.3 Å². The summed E-state index contributed by atoms with van der Waals surface area (Å²) in [4.78, 5) is 13.9. The Morgan fingerprint density at radius 1 is 0.889 bits per heavy atom. The van der Waals surface area contributed by atoms with E-state index < -0.39 is 0 Å². The minimum Gasteiger partial charge on any atom is -0.371 e. The standard InChI is InChI=1S/C24H42N2O/c1-6-10-12-21(8-3)18-26(19-22(9-4)13-11-7-2)24-16-14-23(15-17-24)25-20(5)27/h14-17,21-22H,6-13,18-19H2,1-5H3,(H,25,27). The minimum atomic E-state index is -0.0177. The number of amides is 1. The molecule has 1 aromatic rings. The van der Waals surface area contributed by atoms with Gasteiger partial charge >= 0.3 is 0 Å². The summed E-state index contributed by atoms with van der Waals surface area (Å²) in [6, 6.07) is 8.40. The lowest BCUT2D eigenvalue weighted by Crippen LogP contribution is -2.34. The lowest BCUT2D eigenvalue weighted by molar-refractivity contribution is -0.114. The number of nitrogens with one attached hydrogen (secondary N) is 1. The van der Waals surface area contributed by atoms with Crippen molar-refractivity contribution in [3.8, 4) is 0 Å². The number of carbonyl (C=O) groups excluding carboxylic acids is 1. The largest absolute Gasteiger partial charge is 0.371 e. The SMILES string of the molecule is CCCCC(CC)CN(CC(CC)CCCC)c1ccc(NC(C)=O)cc1. The van der Waals surface area contributed by atoms with Gasteiger partial charge < -0.3 is 10.2 Å². The molecular weight excluding hydrogens is 332 g/mol. The summed E-state index contributed by atoms with van der Waals surface area (Å²) in [5.41, 5.74) is 2.16. The van der Waals surface area contributed by atoms with Gasteiger partial charge in [0.25, 0.3) is 0 Å². The van der Waals surface area contributed by atoms with Crippen molar-refractivity contribution in [3.63, 3.8) is 0 Å². The maximum Gasteiger partial charge on any atom is 0.221 e. The molecule has 0 fully saturated rings. The first-order valence-corrected chi connectivity index (χ1v) is 11.2. The lowest BCUT2D eigenvalue weighted by Gasteiger charge is -2.32. The molecule has 3 heteroatoms. The summed E-state index contributed by atoms with van der Waals surface area (Å²) in [5, 5.41) is 2.87. The van der Waals surface area contributed by atoms with Gasteiger partial charge in [-0.2, -0.15) is 0 Å². The van der Waals surface area contributed by atoms with E-state index in [1.807, 2.05) is 12.1 Å². The smallest absolute Gasteiger partial charge is 0.221 e. The molecular formula is C24H42N2O. The number of anilines is 2. The first-order chi connectivity index (χ1) is 13.0. The van der Waals surface area contributed by atoms with Crippen LogP contribution in [0.2, 0.25) is 0 Å². The van der Waals surface area contributed by atoms with E-state index in [0.717, 1.165) is 30.6 Å². The molecule has 1 amide bonds. The number of carbonyl (C=O) groups is 1. The number of benzene rings is 1. The summed E-state index contributed by atoms with van der Waals surface area (Å²) < 4.78 is 0. The van der Waals surface area contributed by atoms with Crippen molar-refractivity contribution in [3.05, 3.63) is 24.3 Å². The summed E-state index contributed by atoms with van der Waals surface area (Å²) in [6.45, 7) is 13.0. The average molecular weight is 375 g/mol. The predicted octanol–water partition coefficient (Wildman–Crippen LogP) is 6.88. The van der Waals surface area contributed by atoms with E-state index >= 15 is 0 Å². The molecule has 0 aliphatic heterocycles. The molecule has 3 nitrogen and oxygen atoms in total. The molecule has 0 saturated carbocycles. The van der Waals surface area contributed by atoms with E-state index in [1.54, 1.807) is 6.92 Å². The van der Waals surface area contributed by atoms with Crippen molar-refractivity contribution in [2.75, 3.05) is 23.3 Å². The highest BCUT2D eigenvalue weighted by Gasteiger charge is 2.17. The van der Waals surface area contributed by atoms with Gasteiger partial charge in [0.05, 0.1) is 0 Å². The molecule has 1 rings (SSSR count). The molecule has 0 aromatic heterocycles. The van der Waals surface area contributed by atoms with Crippen molar-refractivity contribution in [1.82, 2.24) is 0 Å². The van der Waals surface area contributed by atoms with Gasteiger partial charge in [0.2, 0.25) is 5.91 Å². The molecule has 154 valence electrons. The Balaban J connectivity index is 2.91. The van der Waals surface area contributed by atoms with Gasteiger partial charge in [0.15, 0.2) is 0 Å². The number of hydrogen-bond acceptors (Lipinski definition) is 2. The van der Waals surface area contributed by atoms with Crippen LogP contribution in [0.3, 0.4) is 0 Å². The van der Waals surface area contributed by atoms with E-state index in [4.69, 9.17) is 0 Å². The molecule has 0 radical (unpaired) electrons. The number of rotatable bonds is 14. The Hall–Kier alpha value is -1.51. The Labute approximate surface area is 167 Å². The fourth-order valence-electron chi connectivity index (χ4n) is 3.70. The van der Waals surface area contributed by atoms with Crippen molar-refractivity contribution in [2.45, 2.75) is 86.0 Å². The third kappa shape index (κ3) is 9.30. The van der Waals surface area contributed by atoms with Gasteiger partial charge in [-0.25, -0.2) is 0 Å². The monoisotopic (exact) mass is 374 g/mol. The molecule has 2 atom stereocenters. The third-order valence-electron chi connectivity index (χ3n) is 5.60. The van der Waals surface area contributed by atoms with Crippen LogP contribution in [0.25, 0.3) is 0 Å². The normalized spacial score (nSPS) is 13.2. The van der Waals surface area contributed by atoms with Crippen molar-refractivity contribution < 1.29 is 4.79 Å². The van der Waals surface area contributed by atoms with E-state index in [2.05, 4.69) is 50.0 Å². The van der Waals surface area contributed by atoms with E-state index in [0.29, 0.717) is 0 Å². The number of nitrogens with zero attached hydrogens (tertiary/aromatic N) is 1. The van der Waals surface area contributed by atoms with Crippen LogP contribution in [0, 0.1) is 11.8 Å². The molecule has 0 heterocycles. The van der Waals surface area contributed by atoms with Gasteiger partial charge in [-0.1, -0.05) is 66.2 Å². The van der Waals surface area contributed by atoms with Gasteiger partial charge in [-0.3, -0.25) is 4.79 Å². The molecule has 0 saturated heterocycles. The molecule has 27 heavy (non-hydrogen) atoms. The minimum absolute atomic E-state index is 0.0177. The van der Waals surface area contributed by atoms with Gasteiger partial charge in [0, 0.05) is 31.4 Å². The summed E-state index contributed by atoms with van der Waals surface area (Å²) in [7, 11) is 0. The summed E-state index contributed by atoms with van der Waals surface area (Å²) in [5.74, 6) is 1.49. The molecule has 0 aliphatic carbocycles. The Bertz CT molecular complexity index is 494. The van der Waals surface area contributed by atoms with E-state index in [-0.39, 0.29) is 5.91 Å². The van der Waals surface area contributed by atoms with Crippen LogP contribution in [0.4, 0.5) is 11.4 Å². The maximum absolute atomic E-state index is 11.3. The molecule has 1 N–H and O–H groups in total. The zero-order valence-electron chi connectivity index (χ0n) is 18.4. The summed E-state index contributed by atoms with van der Waals surface area (Å²) in [6.07, 6.45) is 10.3. The van der Waals surface area contributed by atoms with Gasteiger partial charge in [-0.05, 0) is 48.9 Å².